The van der Waals surface area contributed by atoms with E-state index in [-0.39, 0.29) is 21.2 Å². The Bertz CT molecular complexity index is 819. The maximum Gasteiger partial charge on any atom is 0.338 e. The number of aromatic nitrogens is 1. The lowest BCUT2D eigenvalue weighted by molar-refractivity contribution is 0.0698. The van der Waals surface area contributed by atoms with Crippen LogP contribution < -0.4 is 10.5 Å². The van der Waals surface area contributed by atoms with Gasteiger partial charge in [0.2, 0.25) is 10.0 Å². The molecule has 0 radical (unpaired) electrons. The molecule has 0 bridgehead atoms. The number of rotatable bonds is 4. The molecule has 0 aliphatic carbocycles. The number of hydrogen-bond acceptors (Lipinski definition) is 5. The summed E-state index contributed by atoms with van der Waals surface area (Å²) in [5.74, 6) is -1.79. The van der Waals surface area contributed by atoms with E-state index in [9.17, 15) is 18.0 Å². The fraction of sp³-hybridized carbons (Fsp3) is 0.0909. The van der Waals surface area contributed by atoms with Crippen LogP contribution in [0.3, 0.4) is 0 Å². The maximum atomic E-state index is 12.1. The van der Waals surface area contributed by atoms with Crippen molar-refractivity contribution in [1.29, 1.82) is 0 Å². The smallest absolute Gasteiger partial charge is 0.338 e. The van der Waals surface area contributed by atoms with E-state index in [4.69, 9.17) is 10.2 Å². The number of anilines is 1. The Kier molecular flexibility index (Phi) is 3.85. The third-order valence-electron chi connectivity index (χ3n) is 2.66. The number of carboxylic acid groups (broad SMARTS) is 1. The first-order chi connectivity index (χ1) is 9.70. The maximum absolute atomic E-state index is 12.1. The largest absolute Gasteiger partial charge is 0.478 e. The summed E-state index contributed by atoms with van der Waals surface area (Å²) in [6.45, 7) is 0. The van der Waals surface area contributed by atoms with Crippen LogP contribution in [0.1, 0.15) is 20.8 Å². The minimum Gasteiger partial charge on any atom is -0.478 e. The topological polar surface area (TPSA) is 131 Å². The molecule has 0 atom stereocenters. The fourth-order valence-corrected chi connectivity index (χ4v) is 3.01. The molecule has 10 heteroatoms. The molecule has 8 nitrogen and oxygen atoms in total. The van der Waals surface area contributed by atoms with E-state index in [2.05, 4.69) is 5.32 Å². The number of amides is 1. The van der Waals surface area contributed by atoms with Gasteiger partial charge in [0, 0.05) is 13.2 Å². The first-order valence-corrected chi connectivity index (χ1v) is 7.94. The van der Waals surface area contributed by atoms with Gasteiger partial charge in [-0.3, -0.25) is 4.79 Å². The summed E-state index contributed by atoms with van der Waals surface area (Å²) in [6, 6.07) is 2.49. The number of nitrogens with zero attached hydrogens (tertiary/aromatic N) is 1. The van der Waals surface area contributed by atoms with Crippen LogP contribution in [-0.4, -0.2) is 30.0 Å². The third kappa shape index (κ3) is 3.12. The normalized spacial score (nSPS) is 11.3. The van der Waals surface area contributed by atoms with Gasteiger partial charge in [-0.05, 0) is 17.5 Å². The van der Waals surface area contributed by atoms with E-state index in [0.29, 0.717) is 0 Å². The van der Waals surface area contributed by atoms with Crippen LogP contribution in [-0.2, 0) is 17.1 Å². The van der Waals surface area contributed by atoms with Crippen molar-refractivity contribution in [3.8, 4) is 0 Å². The van der Waals surface area contributed by atoms with Gasteiger partial charge >= 0.3 is 5.97 Å². The van der Waals surface area contributed by atoms with Gasteiger partial charge in [0.1, 0.15) is 15.6 Å². The van der Waals surface area contributed by atoms with E-state index in [1.54, 1.807) is 0 Å². The summed E-state index contributed by atoms with van der Waals surface area (Å²) in [4.78, 5) is 22.9. The van der Waals surface area contributed by atoms with Gasteiger partial charge < -0.3 is 15.0 Å². The van der Waals surface area contributed by atoms with E-state index in [0.717, 1.165) is 17.4 Å². The highest BCUT2D eigenvalue weighted by molar-refractivity contribution is 7.89. The van der Waals surface area contributed by atoms with Gasteiger partial charge in [-0.25, -0.2) is 18.4 Å². The lowest BCUT2D eigenvalue weighted by atomic mass is 10.3. The Morgan fingerprint density at radius 2 is 2.10 bits per heavy atom. The second-order valence-corrected chi connectivity index (χ2v) is 6.62. The van der Waals surface area contributed by atoms with Crippen LogP contribution in [0.2, 0.25) is 0 Å². The number of hydrogen-bond donors (Lipinski definition) is 3. The number of thiophene rings is 1. The molecule has 0 unspecified atom stereocenters. The standard InChI is InChI=1S/C11H11N3O5S2/c1-14-5-6(21(12,18)19)4-8(14)9(15)13-10-7(11(16)17)2-3-20-10/h2-5H,1H3,(H,13,15)(H,16,17)(H2,12,18,19). The Labute approximate surface area is 123 Å². The number of carbonyl (C=O) groups excluding carboxylic acids is 1. The highest BCUT2D eigenvalue weighted by Crippen LogP contribution is 2.24. The Balaban J connectivity index is 2.31. The molecule has 112 valence electrons. The van der Waals surface area contributed by atoms with Gasteiger partial charge in [0.05, 0.1) is 5.56 Å². The molecule has 2 heterocycles. The summed E-state index contributed by atoms with van der Waals surface area (Å²) in [6.07, 6.45) is 1.21. The Hall–Kier alpha value is -2.17. The zero-order valence-corrected chi connectivity index (χ0v) is 12.4. The average Bonchev–Trinajstić information content (AvgIpc) is 2.94. The number of aromatic carboxylic acids is 1. The average molecular weight is 329 g/mol. The summed E-state index contributed by atoms with van der Waals surface area (Å²) in [5, 5.41) is 18.1. The van der Waals surface area contributed by atoms with Crippen LogP contribution in [0, 0.1) is 0 Å². The fourth-order valence-electron chi connectivity index (χ4n) is 1.66. The lowest BCUT2D eigenvalue weighted by Crippen LogP contribution is -2.16. The first-order valence-electron chi connectivity index (χ1n) is 5.51. The number of carboxylic acids is 1. The number of sulfonamides is 1. The Morgan fingerprint density at radius 3 is 2.62 bits per heavy atom. The molecule has 0 fully saturated rings. The van der Waals surface area contributed by atoms with Crippen molar-refractivity contribution in [1.82, 2.24) is 4.57 Å². The molecule has 0 saturated heterocycles. The first kappa shape index (κ1) is 15.2. The number of nitrogens with one attached hydrogen (secondary N) is 1. The van der Waals surface area contributed by atoms with E-state index >= 15 is 0 Å². The number of primary sulfonamides is 1. The number of aryl methyl sites for hydroxylation is 1. The lowest BCUT2D eigenvalue weighted by Gasteiger charge is -2.04. The second kappa shape index (κ2) is 5.31. The molecule has 2 aromatic heterocycles. The second-order valence-electron chi connectivity index (χ2n) is 4.14. The molecule has 0 aromatic carbocycles. The molecule has 0 spiro atoms. The minimum absolute atomic E-state index is 0.0331. The predicted molar refractivity (Wildman–Crippen MR) is 76.0 cm³/mol. The molecule has 2 aromatic rings. The Morgan fingerprint density at radius 1 is 1.43 bits per heavy atom. The SMILES string of the molecule is Cn1cc(S(N)(=O)=O)cc1C(=O)Nc1sccc1C(=O)O. The van der Waals surface area contributed by atoms with E-state index in [1.807, 2.05) is 0 Å². The quantitative estimate of drug-likeness (QED) is 0.759. The summed E-state index contributed by atoms with van der Waals surface area (Å²) in [7, 11) is -2.43. The van der Waals surface area contributed by atoms with E-state index in [1.165, 1.54) is 29.3 Å². The molecule has 0 aliphatic heterocycles. The van der Waals surface area contributed by atoms with Gasteiger partial charge in [-0.1, -0.05) is 0 Å². The van der Waals surface area contributed by atoms with Crippen LogP contribution >= 0.6 is 11.3 Å². The van der Waals surface area contributed by atoms with Gasteiger partial charge in [0.25, 0.3) is 5.91 Å². The van der Waals surface area contributed by atoms with E-state index < -0.39 is 21.9 Å². The highest BCUT2D eigenvalue weighted by atomic mass is 32.2. The zero-order chi connectivity index (χ0) is 15.8. The van der Waals surface area contributed by atoms with Crippen molar-refractivity contribution < 1.29 is 23.1 Å². The summed E-state index contributed by atoms with van der Waals surface area (Å²) < 4.78 is 23.8. The van der Waals surface area contributed by atoms with Crippen LogP contribution in [0.25, 0.3) is 0 Å². The minimum atomic E-state index is -3.91. The van der Waals surface area contributed by atoms with Crippen molar-refractivity contribution >= 4 is 38.2 Å². The molecule has 0 aliphatic rings. The van der Waals surface area contributed by atoms with Crippen molar-refractivity contribution in [2.24, 2.45) is 12.2 Å². The molecule has 1 amide bonds. The molecule has 4 N–H and O–H groups in total. The van der Waals surface area contributed by atoms with Crippen molar-refractivity contribution in [2.45, 2.75) is 4.90 Å². The molecular formula is C11H11N3O5S2. The van der Waals surface area contributed by atoms with Crippen LogP contribution in [0.4, 0.5) is 5.00 Å². The molecule has 0 saturated carbocycles. The van der Waals surface area contributed by atoms with Gasteiger partial charge in [-0.15, -0.1) is 11.3 Å². The number of carbonyl (C=O) groups is 2. The highest BCUT2D eigenvalue weighted by Gasteiger charge is 2.20. The van der Waals surface area contributed by atoms with Crippen molar-refractivity contribution in [2.75, 3.05) is 5.32 Å². The van der Waals surface area contributed by atoms with Crippen molar-refractivity contribution in [3.05, 3.63) is 35.0 Å². The van der Waals surface area contributed by atoms with Crippen molar-refractivity contribution in [3.63, 3.8) is 0 Å². The monoisotopic (exact) mass is 329 g/mol. The van der Waals surface area contributed by atoms with Crippen LogP contribution in [0.5, 0.6) is 0 Å². The summed E-state index contributed by atoms with van der Waals surface area (Å²) in [5.41, 5.74) is 0.0120. The molecular weight excluding hydrogens is 318 g/mol. The zero-order valence-electron chi connectivity index (χ0n) is 10.7. The third-order valence-corrected chi connectivity index (χ3v) is 4.37. The van der Waals surface area contributed by atoms with Gasteiger partial charge in [0.15, 0.2) is 0 Å². The predicted octanol–water partition coefficient (Wildman–Crippen LogP) is 0.684. The summed E-state index contributed by atoms with van der Waals surface area (Å²) >= 11 is 1.05. The molecule has 21 heavy (non-hydrogen) atoms. The van der Waals surface area contributed by atoms with Crippen LogP contribution in [0.15, 0.2) is 28.6 Å². The number of nitrogens with two attached hydrogens (primary N) is 1. The van der Waals surface area contributed by atoms with Gasteiger partial charge in [-0.2, -0.15) is 0 Å². The molecule has 2 rings (SSSR count).